The van der Waals surface area contributed by atoms with Gasteiger partial charge in [-0.3, -0.25) is 9.05 Å². The Morgan fingerprint density at radius 3 is 1.95 bits per heavy atom. The number of phosphoric ester groups is 1. The lowest BCUT2D eigenvalue weighted by molar-refractivity contribution is -0.671. The fourth-order valence-corrected chi connectivity index (χ4v) is 2.17. The maximum atomic E-state index is 11.1. The van der Waals surface area contributed by atoms with E-state index in [0.29, 0.717) is 0 Å². The van der Waals surface area contributed by atoms with Gasteiger partial charge in [0.2, 0.25) is 6.33 Å². The predicted molar refractivity (Wildman–Crippen MR) is 82.8 cm³/mol. The van der Waals surface area contributed by atoms with E-state index in [9.17, 15) is 4.57 Å². The smallest absolute Gasteiger partial charge is 0.302 e. The molecule has 6 nitrogen and oxygen atoms in total. The monoisotopic (exact) mass is 321 g/mol. The van der Waals surface area contributed by atoms with Crippen molar-refractivity contribution in [3.63, 3.8) is 0 Å². The Balaban J connectivity index is 0.000000423. The third-order valence-corrected chi connectivity index (χ3v) is 3.71. The van der Waals surface area contributed by atoms with Crippen molar-refractivity contribution in [3.8, 4) is 0 Å². The quantitative estimate of drug-likeness (QED) is 0.431. The van der Waals surface area contributed by atoms with Crippen LogP contribution in [0.15, 0.2) is 18.7 Å². The fourth-order valence-electron chi connectivity index (χ4n) is 1.37. The number of nitrogens with zero attached hydrogens (tertiary/aromatic N) is 2. The summed E-state index contributed by atoms with van der Waals surface area (Å²) in [6, 6.07) is 0. The van der Waals surface area contributed by atoms with E-state index in [-0.39, 0.29) is 13.2 Å². The average Bonchev–Trinajstić information content (AvgIpc) is 2.86. The van der Waals surface area contributed by atoms with Gasteiger partial charge in [0, 0.05) is 0 Å². The molecule has 0 spiro atoms. The molecular formula is C14H30N2O4P+. The molecule has 0 aliphatic carbocycles. The van der Waals surface area contributed by atoms with Crippen LogP contribution in [-0.2, 0) is 27.2 Å². The topological polar surface area (TPSA) is 64.6 Å². The Bertz CT molecular complexity index is 395. The molecule has 1 aromatic heterocycles. The van der Waals surface area contributed by atoms with Gasteiger partial charge in [-0.25, -0.2) is 13.7 Å². The maximum absolute atomic E-state index is 11.1. The van der Waals surface area contributed by atoms with Crippen molar-refractivity contribution in [1.29, 1.82) is 0 Å². The van der Waals surface area contributed by atoms with Gasteiger partial charge in [-0.2, -0.15) is 0 Å². The first-order valence-electron chi connectivity index (χ1n) is 7.58. The summed E-state index contributed by atoms with van der Waals surface area (Å²) in [5.74, 6) is 0. The molecule has 0 aliphatic heterocycles. The molecule has 0 radical (unpaired) electrons. The van der Waals surface area contributed by atoms with Crippen LogP contribution in [0.5, 0.6) is 0 Å². The SMILES string of the molecule is CCCCOP(=O)(O)OCCCC.CCn1cc[n+](C)c1. The highest BCUT2D eigenvalue weighted by Crippen LogP contribution is 2.43. The number of aryl methyl sites for hydroxylation is 2. The van der Waals surface area contributed by atoms with Crippen molar-refractivity contribution >= 4 is 7.82 Å². The van der Waals surface area contributed by atoms with Gasteiger partial charge in [-0.05, 0) is 19.8 Å². The molecule has 0 unspecified atom stereocenters. The number of hydrogen-bond acceptors (Lipinski definition) is 3. The standard InChI is InChI=1S/C8H19O4P.C6H11N2/c1-3-5-7-11-13(9,10)12-8-6-4-2;1-3-8-5-4-7(2)6-8/h3-8H2,1-2H3,(H,9,10);4-6H,3H2,1-2H3/q;+1. The second-order valence-corrected chi connectivity index (χ2v) is 6.21. The summed E-state index contributed by atoms with van der Waals surface area (Å²) in [7, 11) is -1.73. The molecule has 21 heavy (non-hydrogen) atoms. The van der Waals surface area contributed by atoms with Gasteiger partial charge < -0.3 is 4.89 Å². The normalized spacial score (nSPS) is 11.1. The molecule has 0 bridgehead atoms. The summed E-state index contributed by atoms with van der Waals surface area (Å²) in [4.78, 5) is 9.08. The Kier molecular flexibility index (Phi) is 11.5. The van der Waals surface area contributed by atoms with Gasteiger partial charge in [0.25, 0.3) is 0 Å². The summed E-state index contributed by atoms with van der Waals surface area (Å²) < 4.78 is 24.6. The second-order valence-electron chi connectivity index (χ2n) is 4.75. The lowest BCUT2D eigenvalue weighted by Crippen LogP contribution is -2.23. The molecule has 0 saturated heterocycles. The van der Waals surface area contributed by atoms with Gasteiger partial charge in [0.05, 0.1) is 26.8 Å². The molecule has 0 saturated carbocycles. The van der Waals surface area contributed by atoms with E-state index in [1.807, 2.05) is 31.7 Å². The van der Waals surface area contributed by atoms with Gasteiger partial charge in [-0.15, -0.1) is 0 Å². The Morgan fingerprint density at radius 2 is 1.67 bits per heavy atom. The molecule has 1 aromatic rings. The van der Waals surface area contributed by atoms with Crippen molar-refractivity contribution < 1.29 is 23.1 Å². The van der Waals surface area contributed by atoms with Crippen LogP contribution in [0.1, 0.15) is 46.5 Å². The molecular weight excluding hydrogens is 291 g/mol. The van der Waals surface area contributed by atoms with Crippen molar-refractivity contribution in [1.82, 2.24) is 4.57 Å². The van der Waals surface area contributed by atoms with Crippen LogP contribution >= 0.6 is 7.82 Å². The van der Waals surface area contributed by atoms with Gasteiger partial charge >= 0.3 is 7.82 Å². The number of unbranched alkanes of at least 4 members (excludes halogenated alkanes) is 2. The molecule has 0 amide bonds. The van der Waals surface area contributed by atoms with Crippen LogP contribution in [0.3, 0.4) is 0 Å². The van der Waals surface area contributed by atoms with E-state index < -0.39 is 7.82 Å². The van der Waals surface area contributed by atoms with Crippen molar-refractivity contribution in [3.05, 3.63) is 18.7 Å². The average molecular weight is 321 g/mol. The maximum Gasteiger partial charge on any atom is 0.472 e. The fraction of sp³-hybridized carbons (Fsp3) is 0.786. The Labute approximate surface area is 128 Å². The number of phosphoric acid groups is 1. The summed E-state index contributed by atoms with van der Waals surface area (Å²) in [5, 5.41) is 0. The second kappa shape index (κ2) is 11.9. The largest absolute Gasteiger partial charge is 0.472 e. The van der Waals surface area contributed by atoms with Gasteiger partial charge in [0.1, 0.15) is 12.4 Å². The minimum atomic E-state index is -3.75. The van der Waals surface area contributed by atoms with Crippen molar-refractivity contribution in [2.75, 3.05) is 13.2 Å². The molecule has 7 heteroatoms. The molecule has 0 aromatic carbocycles. The number of hydrogen-bond donors (Lipinski definition) is 1. The zero-order chi connectivity index (χ0) is 16.1. The van der Waals surface area contributed by atoms with Crippen LogP contribution in [0.2, 0.25) is 0 Å². The van der Waals surface area contributed by atoms with E-state index in [4.69, 9.17) is 13.9 Å². The zero-order valence-corrected chi connectivity index (χ0v) is 14.6. The van der Waals surface area contributed by atoms with E-state index in [0.717, 1.165) is 32.2 Å². The number of rotatable bonds is 9. The van der Waals surface area contributed by atoms with Crippen molar-refractivity contribution in [2.45, 2.75) is 53.0 Å². The zero-order valence-electron chi connectivity index (χ0n) is 13.7. The van der Waals surface area contributed by atoms with E-state index in [2.05, 4.69) is 24.0 Å². The first-order chi connectivity index (χ1) is 9.95. The summed E-state index contributed by atoms with van der Waals surface area (Å²) in [6.45, 7) is 7.74. The molecule has 1 rings (SSSR count). The van der Waals surface area contributed by atoms with E-state index in [1.54, 1.807) is 0 Å². The van der Waals surface area contributed by atoms with Crippen molar-refractivity contribution in [2.24, 2.45) is 7.05 Å². The van der Waals surface area contributed by atoms with Gasteiger partial charge in [0.15, 0.2) is 0 Å². The summed E-state index contributed by atoms with van der Waals surface area (Å²) in [6.07, 6.45) is 9.58. The van der Waals surface area contributed by atoms with Crippen LogP contribution in [0.4, 0.5) is 0 Å². The third kappa shape index (κ3) is 11.6. The molecule has 124 valence electrons. The number of imidazole rings is 1. The highest BCUT2D eigenvalue weighted by Gasteiger charge is 2.19. The summed E-state index contributed by atoms with van der Waals surface area (Å²) >= 11 is 0. The van der Waals surface area contributed by atoms with Crippen LogP contribution in [-0.4, -0.2) is 22.7 Å². The van der Waals surface area contributed by atoms with Crippen LogP contribution < -0.4 is 4.57 Å². The number of aromatic nitrogens is 2. The Hall–Kier alpha value is -0.680. The van der Waals surface area contributed by atoms with E-state index >= 15 is 0 Å². The minimum Gasteiger partial charge on any atom is -0.302 e. The first-order valence-corrected chi connectivity index (χ1v) is 9.07. The van der Waals surface area contributed by atoms with Crippen LogP contribution in [0, 0.1) is 0 Å². The van der Waals surface area contributed by atoms with Gasteiger partial charge in [-0.1, -0.05) is 26.7 Å². The molecule has 1 N–H and O–H groups in total. The lowest BCUT2D eigenvalue weighted by atomic mass is 10.4. The highest BCUT2D eigenvalue weighted by molar-refractivity contribution is 7.47. The molecule has 0 fully saturated rings. The lowest BCUT2D eigenvalue weighted by Gasteiger charge is -2.10. The predicted octanol–water partition coefficient (Wildman–Crippen LogP) is 3.05. The first kappa shape index (κ1) is 20.3. The van der Waals surface area contributed by atoms with Crippen LogP contribution in [0.25, 0.3) is 0 Å². The third-order valence-electron chi connectivity index (χ3n) is 2.69. The molecule has 1 heterocycles. The van der Waals surface area contributed by atoms with E-state index in [1.165, 1.54) is 0 Å². The molecule has 0 aliphatic rings. The summed E-state index contributed by atoms with van der Waals surface area (Å²) in [5.41, 5.74) is 0. The minimum absolute atomic E-state index is 0.288. The Morgan fingerprint density at radius 1 is 1.14 bits per heavy atom. The highest BCUT2D eigenvalue weighted by atomic mass is 31.2. The molecule has 0 atom stereocenters.